The number of hydrogen-bond donors (Lipinski definition) is 1. The maximum Gasteiger partial charge on any atom is 0.573 e. The Kier molecular flexibility index (Phi) is 2.64. The summed E-state index contributed by atoms with van der Waals surface area (Å²) in [5.74, 6) is -0.511. The first-order chi connectivity index (χ1) is 6.42. The molecule has 3 nitrogen and oxygen atoms in total. The normalized spacial score (nSPS) is 11.1. The molecule has 76 valence electrons. The fourth-order valence-electron chi connectivity index (χ4n) is 0.858. The van der Waals surface area contributed by atoms with Crippen LogP contribution in [0.1, 0.15) is 10.4 Å². The van der Waals surface area contributed by atoms with Crippen molar-refractivity contribution in [1.82, 2.24) is 0 Å². The Morgan fingerprint density at radius 2 is 2.00 bits per heavy atom. The Bertz CT molecular complexity index is 349. The lowest BCUT2D eigenvalue weighted by molar-refractivity contribution is -0.274. The Morgan fingerprint density at radius 1 is 1.36 bits per heavy atom. The number of hydrogen-bond acceptors (Lipinski definition) is 3. The summed E-state index contributed by atoms with van der Waals surface area (Å²) in [5.41, 5.74) is 5.18. The van der Waals surface area contributed by atoms with Gasteiger partial charge in [-0.2, -0.15) is 0 Å². The standard InChI is InChI=1S/C8H6F3NO2/c9-8(10,11)14-7-2-1-5(4-13)3-6(7)12/h1-4H,12H2. The predicted octanol–water partition coefficient (Wildman–Crippen LogP) is 1.98. The van der Waals surface area contributed by atoms with Gasteiger partial charge in [0.15, 0.2) is 5.75 Å². The van der Waals surface area contributed by atoms with Crippen molar-refractivity contribution in [3.05, 3.63) is 23.8 Å². The number of ether oxygens (including phenoxy) is 1. The predicted molar refractivity (Wildman–Crippen MR) is 42.9 cm³/mol. The van der Waals surface area contributed by atoms with E-state index in [1.165, 1.54) is 6.07 Å². The van der Waals surface area contributed by atoms with Crippen molar-refractivity contribution < 1.29 is 22.7 Å². The van der Waals surface area contributed by atoms with E-state index < -0.39 is 12.1 Å². The zero-order chi connectivity index (χ0) is 10.8. The Morgan fingerprint density at radius 3 is 2.43 bits per heavy atom. The Balaban J connectivity index is 2.95. The van der Waals surface area contributed by atoms with Crippen LogP contribution in [0.5, 0.6) is 5.75 Å². The van der Waals surface area contributed by atoms with E-state index in [9.17, 15) is 18.0 Å². The maximum atomic E-state index is 11.8. The number of benzene rings is 1. The van der Waals surface area contributed by atoms with E-state index >= 15 is 0 Å². The summed E-state index contributed by atoms with van der Waals surface area (Å²) in [5, 5.41) is 0. The highest BCUT2D eigenvalue weighted by Gasteiger charge is 2.31. The molecular weight excluding hydrogens is 199 g/mol. The molecule has 0 saturated carbocycles. The SMILES string of the molecule is Nc1cc(C=O)ccc1OC(F)(F)F. The largest absolute Gasteiger partial charge is 0.573 e. The molecule has 0 aliphatic rings. The number of nitrogens with two attached hydrogens (primary N) is 1. The molecule has 2 N–H and O–H groups in total. The van der Waals surface area contributed by atoms with E-state index in [-0.39, 0.29) is 11.3 Å². The minimum Gasteiger partial charge on any atom is -0.404 e. The summed E-state index contributed by atoms with van der Waals surface area (Å²) >= 11 is 0. The van der Waals surface area contributed by atoms with Gasteiger partial charge in [0.25, 0.3) is 0 Å². The minimum atomic E-state index is -4.78. The van der Waals surface area contributed by atoms with Crippen molar-refractivity contribution in [3.63, 3.8) is 0 Å². The molecule has 0 aromatic heterocycles. The zero-order valence-electron chi connectivity index (χ0n) is 6.84. The molecule has 0 unspecified atom stereocenters. The number of nitrogen functional groups attached to an aromatic ring is 1. The summed E-state index contributed by atoms with van der Waals surface area (Å²) < 4.78 is 38.9. The quantitative estimate of drug-likeness (QED) is 0.593. The molecule has 0 atom stereocenters. The van der Waals surface area contributed by atoms with Crippen molar-refractivity contribution in [1.29, 1.82) is 0 Å². The third-order valence-electron chi connectivity index (χ3n) is 1.40. The Hall–Kier alpha value is -1.72. The second-order valence-corrected chi connectivity index (χ2v) is 2.46. The molecule has 0 aliphatic heterocycles. The van der Waals surface area contributed by atoms with Gasteiger partial charge in [0.2, 0.25) is 0 Å². The van der Waals surface area contributed by atoms with Crippen LogP contribution >= 0.6 is 0 Å². The number of aldehydes is 1. The molecule has 0 bridgehead atoms. The van der Waals surface area contributed by atoms with E-state index in [1.54, 1.807) is 0 Å². The number of halogens is 3. The van der Waals surface area contributed by atoms with Gasteiger partial charge in [-0.05, 0) is 18.2 Å². The van der Waals surface area contributed by atoms with Gasteiger partial charge >= 0.3 is 6.36 Å². The molecule has 0 amide bonds. The van der Waals surface area contributed by atoms with Gasteiger partial charge < -0.3 is 10.5 Å². The summed E-state index contributed by atoms with van der Waals surface area (Å²) in [4.78, 5) is 10.2. The van der Waals surface area contributed by atoms with Crippen LogP contribution in [0.2, 0.25) is 0 Å². The molecular formula is C8H6F3NO2. The topological polar surface area (TPSA) is 52.3 Å². The molecule has 1 aromatic rings. The lowest BCUT2D eigenvalue weighted by Crippen LogP contribution is -2.18. The summed E-state index contributed by atoms with van der Waals surface area (Å²) in [6.07, 6.45) is -4.30. The molecule has 14 heavy (non-hydrogen) atoms. The second kappa shape index (κ2) is 3.57. The summed E-state index contributed by atoms with van der Waals surface area (Å²) in [6.45, 7) is 0. The van der Waals surface area contributed by atoms with Crippen molar-refractivity contribution >= 4 is 12.0 Å². The molecule has 0 fully saturated rings. The van der Waals surface area contributed by atoms with Crippen LogP contribution in [0.25, 0.3) is 0 Å². The average molecular weight is 205 g/mol. The third kappa shape index (κ3) is 2.65. The van der Waals surface area contributed by atoms with Crippen molar-refractivity contribution in [2.45, 2.75) is 6.36 Å². The molecule has 6 heteroatoms. The van der Waals surface area contributed by atoms with Gasteiger partial charge in [0.05, 0.1) is 5.69 Å². The first-order valence-electron chi connectivity index (χ1n) is 3.53. The van der Waals surface area contributed by atoms with Gasteiger partial charge in [-0.15, -0.1) is 13.2 Å². The highest BCUT2D eigenvalue weighted by molar-refractivity contribution is 5.78. The van der Waals surface area contributed by atoms with E-state index in [0.717, 1.165) is 12.1 Å². The van der Waals surface area contributed by atoms with Gasteiger partial charge in [-0.1, -0.05) is 0 Å². The third-order valence-corrected chi connectivity index (χ3v) is 1.40. The highest BCUT2D eigenvalue weighted by Crippen LogP contribution is 2.28. The van der Waals surface area contributed by atoms with Crippen molar-refractivity contribution in [2.75, 3.05) is 5.73 Å². The van der Waals surface area contributed by atoms with Crippen molar-refractivity contribution in [3.8, 4) is 5.75 Å². The van der Waals surface area contributed by atoms with Crippen molar-refractivity contribution in [2.24, 2.45) is 0 Å². The van der Waals surface area contributed by atoms with Crippen LogP contribution < -0.4 is 10.5 Å². The van der Waals surface area contributed by atoms with Crippen LogP contribution in [0.15, 0.2) is 18.2 Å². The van der Waals surface area contributed by atoms with E-state index in [0.29, 0.717) is 6.29 Å². The molecule has 0 spiro atoms. The smallest absolute Gasteiger partial charge is 0.404 e. The summed E-state index contributed by atoms with van der Waals surface area (Å²) in [6, 6.07) is 3.28. The van der Waals surface area contributed by atoms with Gasteiger partial charge in [-0.3, -0.25) is 4.79 Å². The van der Waals surface area contributed by atoms with Gasteiger partial charge in [0, 0.05) is 5.56 Å². The monoisotopic (exact) mass is 205 g/mol. The number of carbonyl (C=O) groups excluding carboxylic acids is 1. The first kappa shape index (κ1) is 10.4. The number of anilines is 1. The lowest BCUT2D eigenvalue weighted by atomic mass is 10.2. The molecule has 0 saturated heterocycles. The van der Waals surface area contributed by atoms with Crippen LogP contribution in [-0.2, 0) is 0 Å². The van der Waals surface area contributed by atoms with Crippen LogP contribution in [0.4, 0.5) is 18.9 Å². The fourth-order valence-corrected chi connectivity index (χ4v) is 0.858. The maximum absolute atomic E-state index is 11.8. The average Bonchev–Trinajstić information content (AvgIpc) is 2.06. The second-order valence-electron chi connectivity index (χ2n) is 2.46. The molecule has 1 aromatic carbocycles. The van der Waals surface area contributed by atoms with E-state index in [4.69, 9.17) is 5.73 Å². The lowest BCUT2D eigenvalue weighted by Gasteiger charge is -2.10. The minimum absolute atomic E-state index is 0.192. The number of carbonyl (C=O) groups is 1. The highest BCUT2D eigenvalue weighted by atomic mass is 19.4. The van der Waals surface area contributed by atoms with E-state index in [1.807, 2.05) is 0 Å². The molecule has 0 radical (unpaired) electrons. The van der Waals surface area contributed by atoms with Crippen LogP contribution in [0, 0.1) is 0 Å². The van der Waals surface area contributed by atoms with Crippen LogP contribution in [0.3, 0.4) is 0 Å². The first-order valence-corrected chi connectivity index (χ1v) is 3.53. The number of alkyl halides is 3. The molecule has 0 heterocycles. The van der Waals surface area contributed by atoms with Gasteiger partial charge in [0.1, 0.15) is 6.29 Å². The number of rotatable bonds is 2. The summed E-state index contributed by atoms with van der Waals surface area (Å²) in [7, 11) is 0. The molecule has 0 aliphatic carbocycles. The Labute approximate surface area is 77.3 Å². The van der Waals surface area contributed by atoms with Crippen LogP contribution in [-0.4, -0.2) is 12.6 Å². The fraction of sp³-hybridized carbons (Fsp3) is 0.125. The molecule has 1 rings (SSSR count). The van der Waals surface area contributed by atoms with E-state index in [2.05, 4.69) is 4.74 Å². The zero-order valence-corrected chi connectivity index (χ0v) is 6.84. The van der Waals surface area contributed by atoms with Gasteiger partial charge in [-0.25, -0.2) is 0 Å².